The molecule has 4 amide bonds. The normalized spacial score (nSPS) is 15.4. The number of likely N-dealkylation sites (N-methyl/N-ethyl adjacent to an activating group) is 3. The third-order valence-electron chi connectivity index (χ3n) is 23.2. The number of nitrogens with one attached hydrogen (secondary N) is 5. The van der Waals surface area contributed by atoms with Crippen molar-refractivity contribution in [2.75, 3.05) is 112 Å². The monoisotopic (exact) mass is 1950 g/mol. The van der Waals surface area contributed by atoms with E-state index < -0.39 is 64.3 Å². The smallest absolute Gasteiger partial charge is 0.303 e. The van der Waals surface area contributed by atoms with E-state index in [-0.39, 0.29) is 47.4 Å². The van der Waals surface area contributed by atoms with Crippen molar-refractivity contribution >= 4 is 177 Å². The molecule has 4 aliphatic heterocycles. The number of carbonyl (C=O) groups excluding carboxylic acids is 4. The summed E-state index contributed by atoms with van der Waals surface area (Å²) >= 11 is 12.8. The molecule has 11 heterocycles. The second kappa shape index (κ2) is 39.3. The molecule has 137 heavy (non-hydrogen) atoms. The average Bonchev–Trinajstić information content (AvgIpc) is 1.76. The first-order valence-electron chi connectivity index (χ1n) is 42.6. The maximum atomic E-state index is 14.9. The van der Waals surface area contributed by atoms with Crippen molar-refractivity contribution in [2.24, 2.45) is 0 Å². The number of aryl methyl sites for hydroxylation is 2. The van der Waals surface area contributed by atoms with Crippen LogP contribution < -0.4 is 43.2 Å². The zero-order valence-electron chi connectivity index (χ0n) is 73.6. The van der Waals surface area contributed by atoms with Crippen LogP contribution in [0.25, 0.3) is 88.6 Å². The van der Waals surface area contributed by atoms with Crippen LogP contribution in [0.15, 0.2) is 286 Å². The highest BCUT2D eigenvalue weighted by Gasteiger charge is 2.38. The predicted molar refractivity (Wildman–Crippen MR) is 530 cm³/mol. The number of nitrogens with zero attached hydrogens (tertiary/aromatic N) is 14. The van der Waals surface area contributed by atoms with Crippen LogP contribution in [-0.2, 0) is 40.8 Å². The number of amides is 4. The molecule has 5 N–H and O–H groups in total. The molecular formula is C98H83Cl2F2N19O12S4. The molecule has 0 saturated carbocycles. The fraction of sp³-hybridized carbons (Fsp3) is 0.133. The van der Waals surface area contributed by atoms with Gasteiger partial charge in [-0.25, -0.2) is 18.7 Å². The third kappa shape index (κ3) is 20.0. The fourth-order valence-corrected chi connectivity index (χ4v) is 21.4. The highest BCUT2D eigenvalue weighted by atomic mass is 35.5. The number of rotatable bonds is 16. The first-order chi connectivity index (χ1) is 65.7. The molecule has 9 aromatic carbocycles. The van der Waals surface area contributed by atoms with Crippen LogP contribution in [0.1, 0.15) is 52.6 Å². The summed E-state index contributed by atoms with van der Waals surface area (Å²) in [5.41, 5.74) is 15.1. The third-order valence-corrected chi connectivity index (χ3v) is 31.2. The van der Waals surface area contributed by atoms with Gasteiger partial charge in [-0.05, 0) is 243 Å². The van der Waals surface area contributed by atoms with Crippen LogP contribution in [0, 0.1) is 25.5 Å². The number of carbonyl (C=O) groups is 4. The topological polar surface area (TPSA) is 378 Å². The molecule has 39 heteroatoms. The molecule has 0 spiro atoms. The van der Waals surface area contributed by atoms with Crippen molar-refractivity contribution in [1.29, 1.82) is 0 Å². The van der Waals surface area contributed by atoms with E-state index in [2.05, 4.69) is 62.0 Å². The molecule has 0 aliphatic carbocycles. The van der Waals surface area contributed by atoms with Crippen molar-refractivity contribution in [3.8, 4) is 45.0 Å². The maximum absolute atomic E-state index is 14.9. The lowest BCUT2D eigenvalue weighted by Crippen LogP contribution is -2.30. The summed E-state index contributed by atoms with van der Waals surface area (Å²) in [5, 5.41) is 15.9. The van der Waals surface area contributed by atoms with E-state index >= 15 is 0 Å². The van der Waals surface area contributed by atoms with Gasteiger partial charge >= 0.3 is 40.8 Å². The Kier molecular flexibility index (Phi) is 27.0. The number of hydrogen-bond donors (Lipinski definition) is 5. The molecule has 0 unspecified atom stereocenters. The molecule has 20 rings (SSSR count). The number of aromatic nitrogens is 7. The number of fused-ring (bicyclic) bond motifs is 4. The Morgan fingerprint density at radius 3 is 1.36 bits per heavy atom. The number of hydrogen-bond acceptors (Lipinski definition) is 19. The molecule has 31 nitrogen and oxygen atoms in total. The van der Waals surface area contributed by atoms with Crippen LogP contribution in [0.5, 0.6) is 0 Å². The van der Waals surface area contributed by atoms with Gasteiger partial charge in [0.25, 0.3) is 23.6 Å². The lowest BCUT2D eigenvalue weighted by atomic mass is 9.99. The number of benzene rings is 9. The van der Waals surface area contributed by atoms with Crippen molar-refractivity contribution in [3.05, 3.63) is 341 Å². The molecule has 0 radical (unpaired) electrons. The minimum absolute atomic E-state index is 0.160. The standard InChI is InChI=1S/C25H23N5O3S.C25H22N4O3S.2C24H19ClFN5O3S/c1-17-5-8-19(16-21(17)22-11-12-23-24(28-22)4-3-13-26-23)27-25(31)18-6-9-20(10-7-18)30-15-14-29(2)34(30,32)33;1-17-6-9-20(16-23(17)24-22-5-3-2-4-18(22)12-13-26-24)28-25(30)19-7-10-21(11-8-19)29-15-14-27-33(29,31)32;1-30-10-11-31(35(30,33)34)17-4-5-18(21(26)13-17)24(32)28-16-3-6-20(25)19(12-16)23-7-2-15-14-27-9-8-22(15)29-23;1-30-11-12-31(35(30,33)34)16-5-6-17(21(26)14-16)24(32)29-15-4-7-20(25)19(13-15)23-18-3-2-9-27-22(18)8-10-28-23/h3-13,16H,14-15H2,1-2H3,(H,27,31);2-13,16,27H,14-15H2,1H3,(H,28,30);2-9,12-14H,10-11H2,1H3,(H,28,32);2-10,13-14H,11-12H2,1H3,(H,29,32). The molecule has 7 aromatic heterocycles. The van der Waals surface area contributed by atoms with E-state index in [1.807, 2.05) is 111 Å². The summed E-state index contributed by atoms with van der Waals surface area (Å²) in [4.78, 5) is 82.4. The van der Waals surface area contributed by atoms with E-state index in [0.29, 0.717) is 117 Å². The molecule has 694 valence electrons. The first-order valence-corrected chi connectivity index (χ1v) is 49.0. The van der Waals surface area contributed by atoms with E-state index in [4.69, 9.17) is 28.2 Å². The van der Waals surface area contributed by atoms with Crippen molar-refractivity contribution < 1.29 is 61.6 Å². The summed E-state index contributed by atoms with van der Waals surface area (Å²) in [6.07, 6.45) is 10.2. The van der Waals surface area contributed by atoms with E-state index in [0.717, 1.165) is 98.0 Å². The highest BCUT2D eigenvalue weighted by molar-refractivity contribution is 7.91. The lowest BCUT2D eigenvalue weighted by molar-refractivity contribution is 0.101. The van der Waals surface area contributed by atoms with Crippen molar-refractivity contribution in [3.63, 3.8) is 0 Å². The van der Waals surface area contributed by atoms with Crippen molar-refractivity contribution in [2.45, 2.75) is 13.8 Å². The minimum atomic E-state index is -3.69. The summed E-state index contributed by atoms with van der Waals surface area (Å²) in [6, 6.07) is 70.4. The Morgan fingerprint density at radius 1 is 0.358 bits per heavy atom. The zero-order chi connectivity index (χ0) is 96.4. The molecule has 0 bridgehead atoms. The van der Waals surface area contributed by atoms with Gasteiger partial charge in [-0.3, -0.25) is 61.3 Å². The number of halogens is 4. The fourth-order valence-electron chi connectivity index (χ4n) is 15.8. The Balaban J connectivity index is 0.000000127. The number of pyridine rings is 7. The van der Waals surface area contributed by atoms with Crippen LogP contribution in [0.2, 0.25) is 10.0 Å². The zero-order valence-corrected chi connectivity index (χ0v) is 78.4. The van der Waals surface area contributed by atoms with Gasteiger partial charge in [-0.1, -0.05) is 59.6 Å². The quantitative estimate of drug-likeness (QED) is 0.0600. The predicted octanol–water partition coefficient (Wildman–Crippen LogP) is 16.6. The highest BCUT2D eigenvalue weighted by Crippen LogP contribution is 2.39. The van der Waals surface area contributed by atoms with Gasteiger partial charge in [-0.2, -0.15) is 51.3 Å². The van der Waals surface area contributed by atoms with Crippen LogP contribution >= 0.6 is 23.2 Å². The van der Waals surface area contributed by atoms with Gasteiger partial charge in [0.05, 0.1) is 88.8 Å². The van der Waals surface area contributed by atoms with E-state index in [9.17, 15) is 61.6 Å². The lowest BCUT2D eigenvalue weighted by Gasteiger charge is -2.18. The Hall–Kier alpha value is -14.8. The Labute approximate surface area is 797 Å². The maximum Gasteiger partial charge on any atom is 0.303 e. The Morgan fingerprint density at radius 2 is 0.803 bits per heavy atom. The molecule has 16 aromatic rings. The van der Waals surface area contributed by atoms with Gasteiger partial charge in [0.15, 0.2) is 0 Å². The summed E-state index contributed by atoms with van der Waals surface area (Å²) in [6.45, 7) is 6.57. The van der Waals surface area contributed by atoms with Crippen LogP contribution in [0.3, 0.4) is 0 Å². The largest absolute Gasteiger partial charge is 0.322 e. The van der Waals surface area contributed by atoms with Gasteiger partial charge < -0.3 is 21.3 Å². The second-order valence-corrected chi connectivity index (χ2v) is 40.3. The van der Waals surface area contributed by atoms with E-state index in [1.54, 1.807) is 153 Å². The molecule has 4 saturated heterocycles. The van der Waals surface area contributed by atoms with Crippen LogP contribution in [-0.4, -0.2) is 179 Å². The van der Waals surface area contributed by atoms with Crippen LogP contribution in [0.4, 0.5) is 54.3 Å². The molecule has 0 atom stereocenters. The van der Waals surface area contributed by atoms with Gasteiger partial charge in [0.1, 0.15) is 11.6 Å². The molecule has 4 aliphatic rings. The summed E-state index contributed by atoms with van der Waals surface area (Å²) < 4.78 is 139. The Bertz CT molecular complexity index is 7980. The summed E-state index contributed by atoms with van der Waals surface area (Å²) in [7, 11) is -9.90. The second-order valence-electron chi connectivity index (χ2n) is 32.0. The molecular weight excluding hydrogens is 1870 g/mol. The van der Waals surface area contributed by atoms with Gasteiger partial charge in [0, 0.05) is 183 Å². The summed E-state index contributed by atoms with van der Waals surface area (Å²) in [5.74, 6) is -3.58. The average molecular weight is 1960 g/mol. The first kappa shape index (κ1) is 94.0. The van der Waals surface area contributed by atoms with Crippen molar-refractivity contribution in [1.82, 2.24) is 52.5 Å². The SMILES string of the molecule is CN1CCN(c2ccc(C(=O)Nc3ccc(Cl)c(-c4ccc5cnccc5n4)c3)c(F)c2)S1(=O)=O.CN1CCN(c2ccc(C(=O)Nc3ccc(Cl)c(-c4nccc5ncccc45)c3)c(F)c2)S1(=O)=O.Cc1ccc(NC(=O)c2ccc(N3CCN(C)S3(=O)=O)cc2)cc1-c1ccc2ncccc2n1.Cc1ccc(NC(=O)c2ccc(N3CCNS3(=O)=O)cc2)cc1-c1nccc2ccccc12. The minimum Gasteiger partial charge on any atom is -0.322 e. The molecule has 4 fully saturated rings. The van der Waals surface area contributed by atoms with Gasteiger partial charge in [-0.15, -0.1) is 0 Å². The van der Waals surface area contributed by atoms with E-state index in [1.165, 1.54) is 59.9 Å². The number of anilines is 8. The van der Waals surface area contributed by atoms with Gasteiger partial charge in [0.2, 0.25) is 0 Å².